The molecule has 7 heteroatoms. The molecular weight excluding hydrogens is 392 g/mol. The molecule has 0 unspecified atom stereocenters. The van der Waals surface area contributed by atoms with Crippen molar-refractivity contribution in [3.8, 4) is 5.75 Å². The van der Waals surface area contributed by atoms with E-state index in [0.717, 1.165) is 11.1 Å². The smallest absolute Gasteiger partial charge is 0.340 e. The molecule has 2 heterocycles. The number of nitrogens with zero attached hydrogens (tertiary/aromatic N) is 2. The van der Waals surface area contributed by atoms with E-state index >= 15 is 0 Å². The van der Waals surface area contributed by atoms with Crippen LogP contribution >= 0.6 is 11.6 Å². The SMILES string of the molecule is Cc1c(CC(=O)N2CCN(c3cccc(Cl)c3)CC2)c(=O)oc2cc(O)ccc12. The molecule has 1 amide bonds. The van der Waals surface area contributed by atoms with Crippen molar-refractivity contribution >= 4 is 34.2 Å². The Morgan fingerprint density at radius 3 is 2.62 bits per heavy atom. The summed E-state index contributed by atoms with van der Waals surface area (Å²) in [5, 5.41) is 11.0. The van der Waals surface area contributed by atoms with Crippen molar-refractivity contribution < 1.29 is 14.3 Å². The fraction of sp³-hybridized carbons (Fsp3) is 0.273. The number of aryl methyl sites for hydroxylation is 1. The number of aromatic hydroxyl groups is 1. The van der Waals surface area contributed by atoms with Gasteiger partial charge in [-0.25, -0.2) is 4.79 Å². The summed E-state index contributed by atoms with van der Waals surface area (Å²) in [5.41, 5.74) is 1.90. The molecule has 1 N–H and O–H groups in total. The van der Waals surface area contributed by atoms with E-state index in [0.29, 0.717) is 47.9 Å². The van der Waals surface area contributed by atoms with Gasteiger partial charge in [0.2, 0.25) is 5.91 Å². The van der Waals surface area contributed by atoms with Crippen LogP contribution in [0.1, 0.15) is 11.1 Å². The van der Waals surface area contributed by atoms with Gasteiger partial charge in [-0.2, -0.15) is 0 Å². The zero-order valence-electron chi connectivity index (χ0n) is 16.0. The number of hydrogen-bond donors (Lipinski definition) is 1. The quantitative estimate of drug-likeness (QED) is 0.668. The predicted molar refractivity (Wildman–Crippen MR) is 113 cm³/mol. The summed E-state index contributed by atoms with van der Waals surface area (Å²) in [6.45, 7) is 4.37. The van der Waals surface area contributed by atoms with Gasteiger partial charge in [0, 0.05) is 48.3 Å². The van der Waals surface area contributed by atoms with Crippen LogP contribution in [0.3, 0.4) is 0 Å². The molecule has 0 aliphatic carbocycles. The van der Waals surface area contributed by atoms with Crippen molar-refractivity contribution in [2.75, 3.05) is 31.1 Å². The van der Waals surface area contributed by atoms with Crippen molar-refractivity contribution in [1.29, 1.82) is 0 Å². The molecule has 29 heavy (non-hydrogen) atoms. The highest BCUT2D eigenvalue weighted by atomic mass is 35.5. The molecule has 1 aliphatic heterocycles. The minimum Gasteiger partial charge on any atom is -0.508 e. The highest BCUT2D eigenvalue weighted by Crippen LogP contribution is 2.24. The average Bonchev–Trinajstić information content (AvgIpc) is 2.71. The van der Waals surface area contributed by atoms with E-state index in [1.807, 2.05) is 24.3 Å². The minimum atomic E-state index is -0.536. The number of amides is 1. The second kappa shape index (κ2) is 7.79. The Labute approximate surface area is 172 Å². The number of fused-ring (bicyclic) bond motifs is 1. The molecule has 1 fully saturated rings. The van der Waals surface area contributed by atoms with Crippen LogP contribution in [0.25, 0.3) is 11.0 Å². The topological polar surface area (TPSA) is 74.0 Å². The van der Waals surface area contributed by atoms with E-state index < -0.39 is 5.63 Å². The fourth-order valence-corrected chi connectivity index (χ4v) is 3.92. The molecule has 0 radical (unpaired) electrons. The third-order valence-corrected chi connectivity index (χ3v) is 5.64. The first kappa shape index (κ1) is 19.3. The number of halogens is 1. The summed E-state index contributed by atoms with van der Waals surface area (Å²) in [4.78, 5) is 29.2. The van der Waals surface area contributed by atoms with Crippen molar-refractivity contribution in [2.24, 2.45) is 0 Å². The van der Waals surface area contributed by atoms with Crippen LogP contribution in [0, 0.1) is 6.92 Å². The maximum Gasteiger partial charge on any atom is 0.340 e. The molecule has 2 aromatic carbocycles. The van der Waals surface area contributed by atoms with E-state index in [1.54, 1.807) is 17.9 Å². The van der Waals surface area contributed by atoms with Crippen molar-refractivity contribution in [3.05, 3.63) is 69.0 Å². The Kier molecular flexibility index (Phi) is 5.20. The van der Waals surface area contributed by atoms with Crippen LogP contribution in [-0.4, -0.2) is 42.1 Å². The molecular formula is C22H21ClN2O4. The highest BCUT2D eigenvalue weighted by Gasteiger charge is 2.24. The Balaban J connectivity index is 1.48. The maximum atomic E-state index is 12.8. The minimum absolute atomic E-state index is 0.00213. The monoisotopic (exact) mass is 412 g/mol. The first-order valence-corrected chi connectivity index (χ1v) is 9.84. The molecule has 1 aliphatic rings. The number of benzene rings is 2. The average molecular weight is 413 g/mol. The summed E-state index contributed by atoms with van der Waals surface area (Å²) in [6, 6.07) is 12.3. The van der Waals surface area contributed by atoms with E-state index in [9.17, 15) is 14.7 Å². The number of phenolic OH excluding ortho intramolecular Hbond substituents is 1. The van der Waals surface area contributed by atoms with Crippen LogP contribution in [0.4, 0.5) is 5.69 Å². The van der Waals surface area contributed by atoms with Gasteiger partial charge < -0.3 is 19.3 Å². The zero-order valence-corrected chi connectivity index (χ0v) is 16.8. The predicted octanol–water partition coefficient (Wildman–Crippen LogP) is 3.35. The van der Waals surface area contributed by atoms with Crippen LogP contribution in [0.15, 0.2) is 51.7 Å². The number of carbonyl (C=O) groups excluding carboxylic acids is 1. The molecule has 0 bridgehead atoms. The molecule has 3 aromatic rings. The van der Waals surface area contributed by atoms with Crippen LogP contribution in [0.2, 0.25) is 5.02 Å². The van der Waals surface area contributed by atoms with Gasteiger partial charge in [-0.3, -0.25) is 4.79 Å². The lowest BCUT2D eigenvalue weighted by Crippen LogP contribution is -2.49. The van der Waals surface area contributed by atoms with Gasteiger partial charge in [-0.05, 0) is 42.8 Å². The summed E-state index contributed by atoms with van der Waals surface area (Å²) < 4.78 is 5.32. The molecule has 150 valence electrons. The summed E-state index contributed by atoms with van der Waals surface area (Å²) in [6.07, 6.45) is 0.00213. The van der Waals surface area contributed by atoms with E-state index in [-0.39, 0.29) is 18.1 Å². The lowest BCUT2D eigenvalue weighted by molar-refractivity contribution is -0.130. The number of anilines is 1. The normalized spacial score (nSPS) is 14.4. The van der Waals surface area contributed by atoms with Gasteiger partial charge in [-0.1, -0.05) is 17.7 Å². The zero-order chi connectivity index (χ0) is 20.5. The van der Waals surface area contributed by atoms with Crippen LogP contribution in [-0.2, 0) is 11.2 Å². The Hall–Kier alpha value is -2.99. The molecule has 1 saturated heterocycles. The van der Waals surface area contributed by atoms with Crippen molar-refractivity contribution in [2.45, 2.75) is 13.3 Å². The van der Waals surface area contributed by atoms with E-state index in [4.69, 9.17) is 16.0 Å². The van der Waals surface area contributed by atoms with Crippen LogP contribution in [0.5, 0.6) is 5.75 Å². The number of rotatable bonds is 3. The molecule has 0 saturated carbocycles. The number of hydrogen-bond acceptors (Lipinski definition) is 5. The first-order valence-electron chi connectivity index (χ1n) is 9.46. The Bertz CT molecular complexity index is 1130. The van der Waals surface area contributed by atoms with Crippen molar-refractivity contribution in [1.82, 2.24) is 4.90 Å². The second-order valence-electron chi connectivity index (χ2n) is 7.20. The van der Waals surface area contributed by atoms with E-state index in [2.05, 4.69) is 4.90 Å². The van der Waals surface area contributed by atoms with Gasteiger partial charge in [0.1, 0.15) is 11.3 Å². The third-order valence-electron chi connectivity index (χ3n) is 5.40. The number of piperazine rings is 1. The Morgan fingerprint density at radius 2 is 1.90 bits per heavy atom. The van der Waals surface area contributed by atoms with Gasteiger partial charge in [0.05, 0.1) is 12.0 Å². The van der Waals surface area contributed by atoms with Crippen LogP contribution < -0.4 is 10.5 Å². The van der Waals surface area contributed by atoms with E-state index in [1.165, 1.54) is 12.1 Å². The summed E-state index contributed by atoms with van der Waals surface area (Å²) >= 11 is 6.07. The molecule has 4 rings (SSSR count). The third kappa shape index (κ3) is 3.93. The highest BCUT2D eigenvalue weighted by molar-refractivity contribution is 6.30. The molecule has 0 spiro atoms. The standard InChI is InChI=1S/C22H21ClN2O4/c1-14-18-6-5-17(26)12-20(18)29-22(28)19(14)13-21(27)25-9-7-24(8-10-25)16-4-2-3-15(23)11-16/h2-6,11-12,26H,7-10,13H2,1H3. The molecule has 6 nitrogen and oxygen atoms in total. The van der Waals surface area contributed by atoms with Gasteiger partial charge in [0.25, 0.3) is 0 Å². The van der Waals surface area contributed by atoms with Crippen molar-refractivity contribution in [3.63, 3.8) is 0 Å². The lowest BCUT2D eigenvalue weighted by Gasteiger charge is -2.36. The summed E-state index contributed by atoms with van der Waals surface area (Å²) in [5.74, 6) is -0.0641. The van der Waals surface area contributed by atoms with Gasteiger partial charge in [-0.15, -0.1) is 0 Å². The largest absolute Gasteiger partial charge is 0.508 e. The lowest BCUT2D eigenvalue weighted by atomic mass is 10.0. The van der Waals surface area contributed by atoms with Gasteiger partial charge in [0.15, 0.2) is 0 Å². The summed E-state index contributed by atoms with van der Waals surface area (Å²) in [7, 11) is 0. The van der Waals surface area contributed by atoms with Gasteiger partial charge >= 0.3 is 5.63 Å². The molecule has 0 atom stereocenters. The fourth-order valence-electron chi connectivity index (χ4n) is 3.74. The Morgan fingerprint density at radius 1 is 1.14 bits per heavy atom. The maximum absolute atomic E-state index is 12.8. The number of phenols is 1. The molecule has 1 aromatic heterocycles. The second-order valence-corrected chi connectivity index (χ2v) is 7.63. The first-order chi connectivity index (χ1) is 13.9. The number of carbonyl (C=O) groups is 1.